The van der Waals surface area contributed by atoms with Crippen LogP contribution in [0.2, 0.25) is 0 Å². The van der Waals surface area contributed by atoms with Crippen LogP contribution in [0.4, 0.5) is 4.79 Å². The third-order valence-electron chi connectivity index (χ3n) is 1.62. The molecule has 0 saturated heterocycles. The van der Waals surface area contributed by atoms with E-state index < -0.39 is 11.7 Å². The van der Waals surface area contributed by atoms with E-state index in [0.717, 1.165) is 12.7 Å². The minimum absolute atomic E-state index is 0.123. The standard InChI is InChI=1S/C10H19NO3/c1-5-8(7-12)6-11-9(13)14-10(2,3)4/h7-8H,5-6H2,1-4H3,(H,11,13)/t8-/m1/s1. The van der Waals surface area contributed by atoms with Gasteiger partial charge in [0.25, 0.3) is 0 Å². The molecule has 0 bridgehead atoms. The monoisotopic (exact) mass is 201 g/mol. The maximum Gasteiger partial charge on any atom is 0.407 e. The molecule has 0 rings (SSSR count). The zero-order valence-corrected chi connectivity index (χ0v) is 9.29. The molecule has 82 valence electrons. The number of carbonyl (C=O) groups excluding carboxylic acids is 2. The van der Waals surface area contributed by atoms with Gasteiger partial charge in [0.1, 0.15) is 11.9 Å². The zero-order valence-electron chi connectivity index (χ0n) is 9.29. The smallest absolute Gasteiger partial charge is 0.407 e. The fourth-order valence-electron chi connectivity index (χ4n) is 0.817. The summed E-state index contributed by atoms with van der Waals surface area (Å²) < 4.78 is 5.01. The molecular weight excluding hydrogens is 182 g/mol. The Labute approximate surface area is 85.0 Å². The van der Waals surface area contributed by atoms with Crippen molar-refractivity contribution < 1.29 is 14.3 Å². The maximum absolute atomic E-state index is 11.1. The van der Waals surface area contributed by atoms with E-state index >= 15 is 0 Å². The number of carbonyl (C=O) groups is 2. The predicted octanol–water partition coefficient (Wildman–Crippen LogP) is 1.74. The quantitative estimate of drug-likeness (QED) is 0.705. The lowest BCUT2D eigenvalue weighted by Gasteiger charge is -2.20. The second-order valence-electron chi connectivity index (χ2n) is 4.19. The van der Waals surface area contributed by atoms with Crippen LogP contribution in [0.15, 0.2) is 0 Å². The molecule has 1 N–H and O–H groups in total. The summed E-state index contributed by atoms with van der Waals surface area (Å²) in [6.07, 6.45) is 1.09. The van der Waals surface area contributed by atoms with Crippen LogP contribution >= 0.6 is 0 Å². The molecule has 0 unspecified atom stereocenters. The van der Waals surface area contributed by atoms with Crippen LogP contribution in [0.1, 0.15) is 34.1 Å². The van der Waals surface area contributed by atoms with E-state index in [1.54, 1.807) is 20.8 Å². The maximum atomic E-state index is 11.1. The van der Waals surface area contributed by atoms with Gasteiger partial charge in [-0.3, -0.25) is 0 Å². The van der Waals surface area contributed by atoms with Crippen LogP contribution in [0, 0.1) is 5.92 Å². The van der Waals surface area contributed by atoms with Gasteiger partial charge in [-0.05, 0) is 27.2 Å². The summed E-state index contributed by atoms with van der Waals surface area (Å²) in [5.41, 5.74) is -0.493. The van der Waals surface area contributed by atoms with Gasteiger partial charge < -0.3 is 14.8 Å². The molecule has 0 heterocycles. The van der Waals surface area contributed by atoms with Crippen molar-refractivity contribution in [3.8, 4) is 0 Å². The van der Waals surface area contributed by atoms with Crippen LogP contribution in [-0.4, -0.2) is 24.5 Å². The summed E-state index contributed by atoms with van der Waals surface area (Å²) in [7, 11) is 0. The highest BCUT2D eigenvalue weighted by molar-refractivity contribution is 5.68. The highest BCUT2D eigenvalue weighted by Gasteiger charge is 2.16. The number of aldehydes is 1. The average molecular weight is 201 g/mol. The molecule has 0 aliphatic heterocycles. The van der Waals surface area contributed by atoms with Gasteiger partial charge in [-0.1, -0.05) is 6.92 Å². The summed E-state index contributed by atoms with van der Waals surface area (Å²) in [6, 6.07) is 0. The molecule has 4 heteroatoms. The molecule has 0 aromatic carbocycles. The zero-order chi connectivity index (χ0) is 11.2. The Kier molecular flexibility index (Phi) is 5.20. The van der Waals surface area contributed by atoms with Gasteiger partial charge in [-0.2, -0.15) is 0 Å². The van der Waals surface area contributed by atoms with Crippen LogP contribution in [0.3, 0.4) is 0 Å². The summed E-state index contributed by atoms with van der Waals surface area (Å²) in [4.78, 5) is 21.6. The van der Waals surface area contributed by atoms with Gasteiger partial charge in [0.2, 0.25) is 0 Å². The first-order chi connectivity index (χ1) is 6.39. The molecule has 0 aliphatic carbocycles. The lowest BCUT2D eigenvalue weighted by atomic mass is 10.1. The number of rotatable bonds is 4. The van der Waals surface area contributed by atoms with Gasteiger partial charge in [0, 0.05) is 12.5 Å². The molecule has 0 saturated carbocycles. The Morgan fingerprint density at radius 1 is 1.50 bits per heavy atom. The molecule has 4 nitrogen and oxygen atoms in total. The van der Waals surface area contributed by atoms with Gasteiger partial charge in [-0.15, -0.1) is 0 Å². The SMILES string of the molecule is CC[C@@H](C=O)CNC(=O)OC(C)(C)C. The van der Waals surface area contributed by atoms with E-state index in [4.69, 9.17) is 4.74 Å². The van der Waals surface area contributed by atoms with Crippen molar-refractivity contribution >= 4 is 12.4 Å². The molecule has 0 aromatic heterocycles. The number of nitrogens with one attached hydrogen (secondary N) is 1. The molecule has 0 radical (unpaired) electrons. The molecule has 0 aromatic rings. The van der Waals surface area contributed by atoms with Crippen LogP contribution in [0.25, 0.3) is 0 Å². The second kappa shape index (κ2) is 5.62. The summed E-state index contributed by atoms with van der Waals surface area (Å²) in [6.45, 7) is 7.63. The first-order valence-electron chi connectivity index (χ1n) is 4.81. The van der Waals surface area contributed by atoms with Crippen LogP contribution in [-0.2, 0) is 9.53 Å². The first kappa shape index (κ1) is 12.9. The molecule has 1 amide bonds. The van der Waals surface area contributed by atoms with Crippen molar-refractivity contribution in [1.82, 2.24) is 5.32 Å². The number of amides is 1. The van der Waals surface area contributed by atoms with Crippen molar-refractivity contribution in [1.29, 1.82) is 0 Å². The summed E-state index contributed by atoms with van der Waals surface area (Å²) in [5, 5.41) is 2.55. The Morgan fingerprint density at radius 3 is 2.43 bits per heavy atom. The van der Waals surface area contributed by atoms with Crippen LogP contribution in [0.5, 0.6) is 0 Å². The average Bonchev–Trinajstić information content (AvgIpc) is 2.03. The summed E-state index contributed by atoms with van der Waals surface area (Å²) >= 11 is 0. The molecule has 0 aliphatic rings. The van der Waals surface area contributed by atoms with E-state index in [0.29, 0.717) is 6.54 Å². The van der Waals surface area contributed by atoms with E-state index in [2.05, 4.69) is 5.32 Å². The minimum Gasteiger partial charge on any atom is -0.444 e. The van der Waals surface area contributed by atoms with E-state index in [1.807, 2.05) is 6.92 Å². The van der Waals surface area contributed by atoms with E-state index in [1.165, 1.54) is 0 Å². The normalized spacial score (nSPS) is 13.1. The predicted molar refractivity (Wildman–Crippen MR) is 54.1 cm³/mol. The Hall–Kier alpha value is -1.06. The topological polar surface area (TPSA) is 55.4 Å². The molecule has 14 heavy (non-hydrogen) atoms. The van der Waals surface area contributed by atoms with Gasteiger partial charge in [0.15, 0.2) is 0 Å². The molecule has 0 fully saturated rings. The van der Waals surface area contributed by atoms with Gasteiger partial charge in [-0.25, -0.2) is 4.79 Å². The largest absolute Gasteiger partial charge is 0.444 e. The third kappa shape index (κ3) is 6.46. The Balaban J connectivity index is 3.79. The second-order valence-corrected chi connectivity index (χ2v) is 4.19. The third-order valence-corrected chi connectivity index (χ3v) is 1.62. The highest BCUT2D eigenvalue weighted by Crippen LogP contribution is 2.06. The molecule has 1 atom stereocenters. The van der Waals surface area contributed by atoms with Crippen molar-refractivity contribution in [2.75, 3.05) is 6.54 Å². The first-order valence-corrected chi connectivity index (χ1v) is 4.81. The number of ether oxygens (including phenoxy) is 1. The highest BCUT2D eigenvalue weighted by atomic mass is 16.6. The number of alkyl carbamates (subject to hydrolysis) is 1. The fraction of sp³-hybridized carbons (Fsp3) is 0.800. The van der Waals surface area contributed by atoms with Crippen molar-refractivity contribution in [3.63, 3.8) is 0 Å². The Morgan fingerprint density at radius 2 is 2.07 bits per heavy atom. The van der Waals surface area contributed by atoms with Gasteiger partial charge >= 0.3 is 6.09 Å². The summed E-state index contributed by atoms with van der Waals surface area (Å²) in [5.74, 6) is -0.123. The minimum atomic E-state index is -0.493. The number of hydrogen-bond donors (Lipinski definition) is 1. The molecule has 0 spiro atoms. The van der Waals surface area contributed by atoms with Crippen LogP contribution < -0.4 is 5.32 Å². The number of hydrogen-bond acceptors (Lipinski definition) is 3. The van der Waals surface area contributed by atoms with Crippen molar-refractivity contribution in [2.24, 2.45) is 5.92 Å². The van der Waals surface area contributed by atoms with E-state index in [-0.39, 0.29) is 5.92 Å². The molecular formula is C10H19NO3. The lowest BCUT2D eigenvalue weighted by molar-refractivity contribution is -0.111. The van der Waals surface area contributed by atoms with E-state index in [9.17, 15) is 9.59 Å². The van der Waals surface area contributed by atoms with Gasteiger partial charge in [0.05, 0.1) is 0 Å². The lowest BCUT2D eigenvalue weighted by Crippen LogP contribution is -2.35. The van der Waals surface area contributed by atoms with Crippen molar-refractivity contribution in [3.05, 3.63) is 0 Å². The van der Waals surface area contributed by atoms with Crippen molar-refractivity contribution in [2.45, 2.75) is 39.7 Å². The fourth-order valence-corrected chi connectivity index (χ4v) is 0.817. The Bertz CT molecular complexity index is 196.